The van der Waals surface area contributed by atoms with E-state index in [-0.39, 0.29) is 5.91 Å². The Hall–Kier alpha value is -1.06. The minimum atomic E-state index is -0.510. The van der Waals surface area contributed by atoms with Gasteiger partial charge in [0.1, 0.15) is 0 Å². The van der Waals surface area contributed by atoms with E-state index < -0.39 is 6.10 Å². The van der Waals surface area contributed by atoms with E-state index in [1.807, 2.05) is 24.3 Å². The SMILES string of the molecule is C[C@@H](O)CNC(=O)CCc1ccccc1Cl. The Morgan fingerprint density at radius 2 is 2.19 bits per heavy atom. The molecule has 0 aliphatic rings. The van der Waals surface area contributed by atoms with E-state index in [1.165, 1.54) is 0 Å². The van der Waals surface area contributed by atoms with Crippen molar-refractivity contribution >= 4 is 17.5 Å². The fraction of sp³-hybridized carbons (Fsp3) is 0.417. The minimum absolute atomic E-state index is 0.0687. The lowest BCUT2D eigenvalue weighted by Gasteiger charge is -2.07. The highest BCUT2D eigenvalue weighted by Crippen LogP contribution is 2.16. The normalized spacial score (nSPS) is 12.2. The van der Waals surface area contributed by atoms with Crippen molar-refractivity contribution in [2.24, 2.45) is 0 Å². The summed E-state index contributed by atoms with van der Waals surface area (Å²) in [7, 11) is 0. The van der Waals surface area contributed by atoms with Gasteiger partial charge < -0.3 is 10.4 Å². The number of halogens is 1. The van der Waals surface area contributed by atoms with Crippen molar-refractivity contribution in [3.63, 3.8) is 0 Å². The Morgan fingerprint density at radius 3 is 2.81 bits per heavy atom. The van der Waals surface area contributed by atoms with Gasteiger partial charge in [-0.3, -0.25) is 4.79 Å². The predicted molar refractivity (Wildman–Crippen MR) is 64.5 cm³/mol. The number of rotatable bonds is 5. The molecular weight excluding hydrogens is 226 g/mol. The summed E-state index contributed by atoms with van der Waals surface area (Å²) in [6.07, 6.45) is 0.492. The Kier molecular flexibility index (Phi) is 5.29. The molecule has 2 N–H and O–H groups in total. The maximum absolute atomic E-state index is 11.4. The number of aliphatic hydroxyl groups is 1. The molecule has 0 spiro atoms. The summed E-state index contributed by atoms with van der Waals surface area (Å²) in [6.45, 7) is 1.93. The molecule has 0 aliphatic heterocycles. The largest absolute Gasteiger partial charge is 0.392 e. The molecule has 3 nitrogen and oxygen atoms in total. The molecule has 16 heavy (non-hydrogen) atoms. The van der Waals surface area contributed by atoms with Gasteiger partial charge in [0.25, 0.3) is 0 Å². The molecule has 1 aromatic carbocycles. The van der Waals surface area contributed by atoms with Crippen molar-refractivity contribution in [1.29, 1.82) is 0 Å². The lowest BCUT2D eigenvalue weighted by Crippen LogP contribution is -2.30. The number of carbonyl (C=O) groups is 1. The number of amides is 1. The zero-order valence-electron chi connectivity index (χ0n) is 9.24. The van der Waals surface area contributed by atoms with Crippen LogP contribution < -0.4 is 5.32 Å². The number of benzene rings is 1. The molecule has 1 aromatic rings. The first-order valence-corrected chi connectivity index (χ1v) is 5.65. The first-order chi connectivity index (χ1) is 7.59. The van der Waals surface area contributed by atoms with E-state index in [9.17, 15) is 4.79 Å². The van der Waals surface area contributed by atoms with Crippen molar-refractivity contribution in [2.75, 3.05) is 6.54 Å². The van der Waals surface area contributed by atoms with Crippen molar-refractivity contribution in [2.45, 2.75) is 25.9 Å². The topological polar surface area (TPSA) is 49.3 Å². The standard InChI is InChI=1S/C12H16ClNO2/c1-9(15)8-14-12(16)7-6-10-4-2-3-5-11(10)13/h2-5,9,15H,6-8H2,1H3,(H,14,16)/t9-/m1/s1. The molecule has 1 atom stereocenters. The highest BCUT2D eigenvalue weighted by atomic mass is 35.5. The summed E-state index contributed by atoms with van der Waals surface area (Å²) < 4.78 is 0. The van der Waals surface area contributed by atoms with Gasteiger partial charge in [0, 0.05) is 18.0 Å². The third-order valence-corrected chi connectivity index (χ3v) is 2.54. The second-order valence-electron chi connectivity index (χ2n) is 3.74. The fourth-order valence-electron chi connectivity index (χ4n) is 1.30. The van der Waals surface area contributed by atoms with Gasteiger partial charge in [-0.1, -0.05) is 29.8 Å². The van der Waals surface area contributed by atoms with Crippen LogP contribution in [0.15, 0.2) is 24.3 Å². The molecule has 4 heteroatoms. The molecule has 0 aromatic heterocycles. The zero-order chi connectivity index (χ0) is 12.0. The third kappa shape index (κ3) is 4.64. The van der Waals surface area contributed by atoms with E-state index >= 15 is 0 Å². The highest BCUT2D eigenvalue weighted by Gasteiger charge is 2.05. The number of aryl methyl sites for hydroxylation is 1. The van der Waals surface area contributed by atoms with E-state index in [2.05, 4.69) is 5.32 Å². The summed E-state index contributed by atoms with van der Waals surface area (Å²) in [4.78, 5) is 11.4. The molecule has 1 rings (SSSR count). The Balaban J connectivity index is 2.35. The number of carbonyl (C=O) groups excluding carboxylic acids is 1. The van der Waals surface area contributed by atoms with Crippen LogP contribution in [0.1, 0.15) is 18.9 Å². The fourth-order valence-corrected chi connectivity index (χ4v) is 1.53. The Labute approximate surface area is 100 Å². The van der Waals surface area contributed by atoms with Crippen molar-refractivity contribution in [3.05, 3.63) is 34.9 Å². The molecule has 0 aliphatic carbocycles. The number of nitrogens with one attached hydrogen (secondary N) is 1. The highest BCUT2D eigenvalue weighted by molar-refractivity contribution is 6.31. The molecule has 0 unspecified atom stereocenters. The first-order valence-electron chi connectivity index (χ1n) is 5.27. The quantitative estimate of drug-likeness (QED) is 0.826. The summed E-state index contributed by atoms with van der Waals surface area (Å²) in [5, 5.41) is 12.3. The lowest BCUT2D eigenvalue weighted by molar-refractivity contribution is -0.121. The van der Waals surface area contributed by atoms with Crippen LogP contribution in [-0.2, 0) is 11.2 Å². The van der Waals surface area contributed by atoms with Crippen LogP contribution in [0.4, 0.5) is 0 Å². The van der Waals surface area contributed by atoms with Gasteiger partial charge in [-0.25, -0.2) is 0 Å². The van der Waals surface area contributed by atoms with Gasteiger partial charge in [0.05, 0.1) is 6.10 Å². The summed E-state index contributed by atoms with van der Waals surface area (Å²) in [5.74, 6) is -0.0687. The van der Waals surface area contributed by atoms with E-state index in [0.717, 1.165) is 5.56 Å². The van der Waals surface area contributed by atoms with Gasteiger partial charge in [-0.05, 0) is 25.0 Å². The van der Waals surface area contributed by atoms with Gasteiger partial charge >= 0.3 is 0 Å². The van der Waals surface area contributed by atoms with Crippen LogP contribution in [-0.4, -0.2) is 23.7 Å². The van der Waals surface area contributed by atoms with Crippen molar-refractivity contribution < 1.29 is 9.90 Å². The number of aliphatic hydroxyl groups excluding tert-OH is 1. The monoisotopic (exact) mass is 241 g/mol. The van der Waals surface area contributed by atoms with Gasteiger partial charge in [-0.2, -0.15) is 0 Å². The molecule has 0 saturated heterocycles. The average Bonchev–Trinajstić information content (AvgIpc) is 2.25. The lowest BCUT2D eigenvalue weighted by atomic mass is 10.1. The Morgan fingerprint density at radius 1 is 1.50 bits per heavy atom. The molecule has 0 fully saturated rings. The summed E-state index contributed by atoms with van der Waals surface area (Å²) in [6, 6.07) is 7.48. The minimum Gasteiger partial charge on any atom is -0.392 e. The molecule has 88 valence electrons. The molecule has 0 radical (unpaired) electrons. The van der Waals surface area contributed by atoms with Crippen LogP contribution in [0.2, 0.25) is 5.02 Å². The Bertz CT molecular complexity index is 353. The van der Waals surface area contributed by atoms with E-state index in [4.69, 9.17) is 16.7 Å². The molecule has 0 heterocycles. The molecule has 0 saturated carbocycles. The van der Waals surface area contributed by atoms with E-state index in [0.29, 0.717) is 24.4 Å². The molecule has 1 amide bonds. The van der Waals surface area contributed by atoms with Crippen LogP contribution in [0.3, 0.4) is 0 Å². The van der Waals surface area contributed by atoms with Crippen LogP contribution >= 0.6 is 11.6 Å². The molecule has 0 bridgehead atoms. The smallest absolute Gasteiger partial charge is 0.220 e. The average molecular weight is 242 g/mol. The molecular formula is C12H16ClNO2. The predicted octanol–water partition coefficient (Wildman–Crippen LogP) is 1.77. The van der Waals surface area contributed by atoms with Crippen LogP contribution in [0, 0.1) is 0 Å². The van der Waals surface area contributed by atoms with Gasteiger partial charge in [0.2, 0.25) is 5.91 Å². The number of hydrogen-bond donors (Lipinski definition) is 2. The van der Waals surface area contributed by atoms with Crippen molar-refractivity contribution in [1.82, 2.24) is 5.32 Å². The zero-order valence-corrected chi connectivity index (χ0v) is 10.00. The van der Waals surface area contributed by atoms with Gasteiger partial charge in [0.15, 0.2) is 0 Å². The summed E-state index contributed by atoms with van der Waals surface area (Å²) in [5.41, 5.74) is 0.969. The van der Waals surface area contributed by atoms with E-state index in [1.54, 1.807) is 6.92 Å². The van der Waals surface area contributed by atoms with Crippen molar-refractivity contribution in [3.8, 4) is 0 Å². The first kappa shape index (κ1) is 13.0. The second-order valence-corrected chi connectivity index (χ2v) is 4.15. The van der Waals surface area contributed by atoms with Crippen LogP contribution in [0.25, 0.3) is 0 Å². The maximum atomic E-state index is 11.4. The second kappa shape index (κ2) is 6.51. The van der Waals surface area contributed by atoms with Crippen LogP contribution in [0.5, 0.6) is 0 Å². The summed E-state index contributed by atoms with van der Waals surface area (Å²) >= 11 is 5.96. The third-order valence-electron chi connectivity index (χ3n) is 2.17. The van der Waals surface area contributed by atoms with Gasteiger partial charge in [-0.15, -0.1) is 0 Å². The maximum Gasteiger partial charge on any atom is 0.220 e. The number of hydrogen-bond acceptors (Lipinski definition) is 2.